The predicted octanol–water partition coefficient (Wildman–Crippen LogP) is 5.23. The van der Waals surface area contributed by atoms with E-state index in [9.17, 15) is 4.79 Å². The molecule has 0 bridgehead atoms. The molecule has 1 aromatic carbocycles. The standard InChI is InChI=1S/C16H17BrOS/c1-16(2,3)12-6-4-11(5-7-12)14(18)10-15-13(17)8-9-19-15/h4-9H,10H2,1-3H3. The van der Waals surface area contributed by atoms with Crippen molar-refractivity contribution in [2.45, 2.75) is 32.6 Å². The van der Waals surface area contributed by atoms with Gasteiger partial charge in [-0.2, -0.15) is 0 Å². The first kappa shape index (κ1) is 14.5. The third-order valence-corrected chi connectivity index (χ3v) is 5.01. The van der Waals surface area contributed by atoms with Crippen molar-refractivity contribution in [3.63, 3.8) is 0 Å². The third-order valence-electron chi connectivity index (χ3n) is 3.09. The second-order valence-electron chi connectivity index (χ2n) is 5.62. The van der Waals surface area contributed by atoms with Gasteiger partial charge in [0, 0.05) is 21.3 Å². The van der Waals surface area contributed by atoms with E-state index in [0.29, 0.717) is 6.42 Å². The van der Waals surface area contributed by atoms with E-state index in [1.807, 2.05) is 23.6 Å². The minimum absolute atomic E-state index is 0.123. The fourth-order valence-corrected chi connectivity index (χ4v) is 3.35. The van der Waals surface area contributed by atoms with Crippen LogP contribution in [0.5, 0.6) is 0 Å². The molecule has 1 nitrogen and oxygen atoms in total. The Morgan fingerprint density at radius 2 is 1.79 bits per heavy atom. The molecule has 0 saturated carbocycles. The number of halogens is 1. The maximum Gasteiger partial charge on any atom is 0.168 e. The van der Waals surface area contributed by atoms with Gasteiger partial charge in [0.2, 0.25) is 0 Å². The topological polar surface area (TPSA) is 17.1 Å². The molecule has 0 atom stereocenters. The van der Waals surface area contributed by atoms with Gasteiger partial charge in [0.05, 0.1) is 0 Å². The lowest BCUT2D eigenvalue weighted by atomic mass is 9.86. The van der Waals surface area contributed by atoms with E-state index < -0.39 is 0 Å². The summed E-state index contributed by atoms with van der Waals surface area (Å²) in [5.41, 5.74) is 2.16. The highest BCUT2D eigenvalue weighted by molar-refractivity contribution is 9.10. The molecule has 0 radical (unpaired) electrons. The molecule has 2 aromatic rings. The summed E-state index contributed by atoms with van der Waals surface area (Å²) in [6.07, 6.45) is 0.465. The quantitative estimate of drug-likeness (QED) is 0.701. The Morgan fingerprint density at radius 3 is 2.26 bits per heavy atom. The van der Waals surface area contributed by atoms with Crippen molar-refractivity contribution < 1.29 is 4.79 Å². The fraction of sp³-hybridized carbons (Fsp3) is 0.312. The summed E-state index contributed by atoms with van der Waals surface area (Å²) < 4.78 is 1.03. The largest absolute Gasteiger partial charge is 0.294 e. The van der Waals surface area contributed by atoms with Gasteiger partial charge >= 0.3 is 0 Å². The molecule has 0 fully saturated rings. The van der Waals surface area contributed by atoms with Gasteiger partial charge in [0.15, 0.2) is 5.78 Å². The first-order chi connectivity index (χ1) is 8.88. The van der Waals surface area contributed by atoms with Gasteiger partial charge in [-0.15, -0.1) is 11.3 Å². The van der Waals surface area contributed by atoms with Crippen molar-refractivity contribution in [1.82, 2.24) is 0 Å². The van der Waals surface area contributed by atoms with Gasteiger partial charge < -0.3 is 0 Å². The third kappa shape index (κ3) is 3.54. The zero-order valence-corrected chi connectivity index (χ0v) is 13.8. The number of thiophene rings is 1. The lowest BCUT2D eigenvalue weighted by Gasteiger charge is -2.18. The second-order valence-corrected chi connectivity index (χ2v) is 7.47. The number of benzene rings is 1. The zero-order valence-electron chi connectivity index (χ0n) is 11.4. The summed E-state index contributed by atoms with van der Waals surface area (Å²) in [5.74, 6) is 0.170. The maximum atomic E-state index is 12.2. The first-order valence-corrected chi connectivity index (χ1v) is 7.91. The van der Waals surface area contributed by atoms with Crippen LogP contribution in [0.1, 0.15) is 41.6 Å². The van der Waals surface area contributed by atoms with Crippen LogP contribution < -0.4 is 0 Å². The number of carbonyl (C=O) groups is 1. The molecule has 100 valence electrons. The van der Waals surface area contributed by atoms with E-state index in [1.54, 1.807) is 11.3 Å². The van der Waals surface area contributed by atoms with Gasteiger partial charge in [-0.1, -0.05) is 45.0 Å². The summed E-state index contributed by atoms with van der Waals surface area (Å²) in [7, 11) is 0. The van der Waals surface area contributed by atoms with Gasteiger partial charge in [-0.25, -0.2) is 0 Å². The Balaban J connectivity index is 2.14. The molecule has 2 rings (SSSR count). The molecule has 0 spiro atoms. The Bertz CT molecular complexity index is 576. The van der Waals surface area contributed by atoms with Crippen molar-refractivity contribution in [2.75, 3.05) is 0 Å². The Kier molecular flexibility index (Phi) is 4.26. The van der Waals surface area contributed by atoms with Crippen LogP contribution in [0.3, 0.4) is 0 Å². The highest BCUT2D eigenvalue weighted by atomic mass is 79.9. The van der Waals surface area contributed by atoms with Crippen molar-refractivity contribution in [2.24, 2.45) is 0 Å². The minimum atomic E-state index is 0.123. The van der Waals surface area contributed by atoms with Gasteiger partial charge in [-0.05, 0) is 38.4 Å². The summed E-state index contributed by atoms with van der Waals surface area (Å²) in [5, 5.41) is 2.00. The summed E-state index contributed by atoms with van der Waals surface area (Å²) >= 11 is 5.08. The normalized spacial score (nSPS) is 11.6. The van der Waals surface area contributed by atoms with Crippen LogP contribution in [0, 0.1) is 0 Å². The predicted molar refractivity (Wildman–Crippen MR) is 85.2 cm³/mol. The second kappa shape index (κ2) is 5.59. The van der Waals surface area contributed by atoms with Crippen LogP contribution >= 0.6 is 27.3 Å². The van der Waals surface area contributed by atoms with Crippen LogP contribution in [0.4, 0.5) is 0 Å². The zero-order chi connectivity index (χ0) is 14.0. The lowest BCUT2D eigenvalue weighted by molar-refractivity contribution is 0.0993. The number of carbonyl (C=O) groups excluding carboxylic acids is 1. The smallest absolute Gasteiger partial charge is 0.168 e. The molecule has 0 unspecified atom stereocenters. The van der Waals surface area contributed by atoms with Crippen LogP contribution in [-0.2, 0) is 11.8 Å². The number of ketones is 1. The molecule has 1 heterocycles. The molecule has 0 aliphatic rings. The molecular weight excluding hydrogens is 320 g/mol. The van der Waals surface area contributed by atoms with Crippen molar-refractivity contribution in [3.05, 3.63) is 56.2 Å². The number of Topliss-reactive ketones (excluding diaryl/α,β-unsaturated/α-hetero) is 1. The van der Waals surface area contributed by atoms with Crippen molar-refractivity contribution in [3.8, 4) is 0 Å². The van der Waals surface area contributed by atoms with Gasteiger partial charge in [-0.3, -0.25) is 4.79 Å². The summed E-state index contributed by atoms with van der Waals surface area (Å²) in [4.78, 5) is 13.3. The van der Waals surface area contributed by atoms with Crippen LogP contribution in [-0.4, -0.2) is 5.78 Å². The molecule has 0 aliphatic carbocycles. The average molecular weight is 337 g/mol. The number of hydrogen-bond donors (Lipinski definition) is 0. The number of rotatable bonds is 3. The average Bonchev–Trinajstić information content (AvgIpc) is 2.74. The van der Waals surface area contributed by atoms with E-state index in [0.717, 1.165) is 14.9 Å². The van der Waals surface area contributed by atoms with Crippen LogP contribution in [0.2, 0.25) is 0 Å². The fourth-order valence-electron chi connectivity index (χ4n) is 1.86. The highest BCUT2D eigenvalue weighted by Gasteiger charge is 2.15. The summed E-state index contributed by atoms with van der Waals surface area (Å²) in [6, 6.07) is 9.96. The van der Waals surface area contributed by atoms with E-state index in [-0.39, 0.29) is 11.2 Å². The molecule has 19 heavy (non-hydrogen) atoms. The van der Waals surface area contributed by atoms with Gasteiger partial charge in [0.25, 0.3) is 0 Å². The SMILES string of the molecule is CC(C)(C)c1ccc(C(=O)Cc2sccc2Br)cc1. The Morgan fingerprint density at radius 1 is 1.16 bits per heavy atom. The highest BCUT2D eigenvalue weighted by Crippen LogP contribution is 2.25. The molecular formula is C16H17BrOS. The van der Waals surface area contributed by atoms with Crippen molar-refractivity contribution in [1.29, 1.82) is 0 Å². The van der Waals surface area contributed by atoms with E-state index in [4.69, 9.17) is 0 Å². The monoisotopic (exact) mass is 336 g/mol. The van der Waals surface area contributed by atoms with Gasteiger partial charge in [0.1, 0.15) is 0 Å². The Hall–Kier alpha value is -0.930. The Labute approximate surface area is 126 Å². The molecule has 0 saturated heterocycles. The van der Waals surface area contributed by atoms with E-state index in [1.165, 1.54) is 5.56 Å². The molecule has 0 N–H and O–H groups in total. The minimum Gasteiger partial charge on any atom is -0.294 e. The molecule has 0 aliphatic heterocycles. The number of hydrogen-bond acceptors (Lipinski definition) is 2. The van der Waals surface area contributed by atoms with Crippen LogP contribution in [0.15, 0.2) is 40.2 Å². The van der Waals surface area contributed by atoms with Crippen molar-refractivity contribution >= 4 is 33.0 Å². The molecule has 1 aromatic heterocycles. The van der Waals surface area contributed by atoms with Crippen LogP contribution in [0.25, 0.3) is 0 Å². The molecule has 3 heteroatoms. The summed E-state index contributed by atoms with van der Waals surface area (Å²) in [6.45, 7) is 6.52. The maximum absolute atomic E-state index is 12.2. The van der Waals surface area contributed by atoms with E-state index >= 15 is 0 Å². The lowest BCUT2D eigenvalue weighted by Crippen LogP contribution is -2.11. The van der Waals surface area contributed by atoms with E-state index in [2.05, 4.69) is 48.8 Å². The first-order valence-electron chi connectivity index (χ1n) is 6.23. The molecule has 0 amide bonds.